The number of methoxy groups -OCH3 is 2. The minimum atomic E-state index is -0.617. The first-order valence-corrected chi connectivity index (χ1v) is 8.68. The molecule has 0 atom stereocenters. The number of carbonyl (C=O) groups is 1. The summed E-state index contributed by atoms with van der Waals surface area (Å²) in [4.78, 5) is 16.5. The topological polar surface area (TPSA) is 57.7 Å². The van der Waals surface area contributed by atoms with Crippen LogP contribution in [0.4, 0.5) is 4.39 Å². The van der Waals surface area contributed by atoms with Crippen molar-refractivity contribution in [1.82, 2.24) is 4.98 Å². The van der Waals surface area contributed by atoms with Gasteiger partial charge in [0.1, 0.15) is 22.9 Å². The van der Waals surface area contributed by atoms with E-state index in [9.17, 15) is 9.18 Å². The zero-order chi connectivity index (χ0) is 20.3. The van der Waals surface area contributed by atoms with Crippen molar-refractivity contribution < 1.29 is 23.4 Å². The van der Waals surface area contributed by atoms with Crippen molar-refractivity contribution in [2.24, 2.45) is 0 Å². The normalized spacial score (nSPS) is 10.5. The number of ether oxygens (including phenoxy) is 3. The molecule has 0 saturated carbocycles. The molecule has 0 unspecified atom stereocenters. The SMILES string of the molecule is COC(=O)c1ccc(-c2ccc(C)c(F)c2)nc1Oc1ccc(OC)cc1Cl. The molecule has 0 aliphatic heterocycles. The molecular weight excluding hydrogens is 385 g/mol. The summed E-state index contributed by atoms with van der Waals surface area (Å²) in [7, 11) is 2.78. The summed E-state index contributed by atoms with van der Waals surface area (Å²) in [6, 6.07) is 12.7. The Bertz CT molecular complexity index is 1040. The van der Waals surface area contributed by atoms with Gasteiger partial charge in [-0.25, -0.2) is 14.2 Å². The van der Waals surface area contributed by atoms with E-state index in [1.807, 2.05) is 0 Å². The molecule has 0 aliphatic carbocycles. The molecule has 0 N–H and O–H groups in total. The third-order valence-corrected chi connectivity index (χ3v) is 4.37. The average Bonchev–Trinajstić information content (AvgIpc) is 2.70. The Kier molecular flexibility index (Phi) is 5.80. The molecule has 0 bridgehead atoms. The molecule has 0 radical (unpaired) electrons. The molecule has 0 fully saturated rings. The molecule has 0 spiro atoms. The second-order valence-corrected chi connectivity index (χ2v) is 6.31. The van der Waals surface area contributed by atoms with E-state index in [1.54, 1.807) is 43.3 Å². The van der Waals surface area contributed by atoms with E-state index in [0.29, 0.717) is 22.6 Å². The number of pyridine rings is 1. The Morgan fingerprint density at radius 3 is 2.50 bits per heavy atom. The highest BCUT2D eigenvalue weighted by Gasteiger charge is 2.18. The first-order valence-electron chi connectivity index (χ1n) is 8.30. The smallest absolute Gasteiger partial charge is 0.343 e. The van der Waals surface area contributed by atoms with Gasteiger partial charge in [-0.05, 0) is 42.8 Å². The lowest BCUT2D eigenvalue weighted by Gasteiger charge is -2.13. The van der Waals surface area contributed by atoms with Gasteiger partial charge in [0.15, 0.2) is 0 Å². The Balaban J connectivity index is 2.06. The van der Waals surface area contributed by atoms with Crippen LogP contribution in [0.2, 0.25) is 5.02 Å². The van der Waals surface area contributed by atoms with Crippen LogP contribution in [0.3, 0.4) is 0 Å². The molecule has 1 heterocycles. The van der Waals surface area contributed by atoms with Crippen molar-refractivity contribution in [1.29, 1.82) is 0 Å². The van der Waals surface area contributed by atoms with E-state index in [0.717, 1.165) is 0 Å². The maximum atomic E-state index is 13.9. The highest BCUT2D eigenvalue weighted by Crippen LogP contribution is 2.34. The maximum absolute atomic E-state index is 13.9. The number of rotatable bonds is 5. The van der Waals surface area contributed by atoms with Gasteiger partial charge in [-0.1, -0.05) is 23.7 Å². The minimum Gasteiger partial charge on any atom is -0.497 e. The van der Waals surface area contributed by atoms with Crippen molar-refractivity contribution in [2.75, 3.05) is 14.2 Å². The van der Waals surface area contributed by atoms with Gasteiger partial charge in [0.2, 0.25) is 5.88 Å². The number of aryl methyl sites for hydroxylation is 1. The number of esters is 1. The van der Waals surface area contributed by atoms with Crippen LogP contribution < -0.4 is 9.47 Å². The first-order chi connectivity index (χ1) is 13.4. The van der Waals surface area contributed by atoms with Crippen molar-refractivity contribution in [3.8, 4) is 28.6 Å². The quantitative estimate of drug-likeness (QED) is 0.533. The highest BCUT2D eigenvalue weighted by molar-refractivity contribution is 6.32. The van der Waals surface area contributed by atoms with Gasteiger partial charge in [0.05, 0.1) is 24.9 Å². The van der Waals surface area contributed by atoms with Gasteiger partial charge < -0.3 is 14.2 Å². The number of hydrogen-bond acceptors (Lipinski definition) is 5. The Hall–Kier alpha value is -3.12. The summed E-state index contributed by atoms with van der Waals surface area (Å²) >= 11 is 6.22. The van der Waals surface area contributed by atoms with Gasteiger partial charge in [0, 0.05) is 11.6 Å². The highest BCUT2D eigenvalue weighted by atomic mass is 35.5. The monoisotopic (exact) mass is 401 g/mol. The third-order valence-electron chi connectivity index (χ3n) is 4.08. The van der Waals surface area contributed by atoms with Crippen LogP contribution in [0.25, 0.3) is 11.3 Å². The van der Waals surface area contributed by atoms with Gasteiger partial charge in [-0.3, -0.25) is 0 Å². The van der Waals surface area contributed by atoms with Gasteiger partial charge in [-0.2, -0.15) is 0 Å². The predicted molar refractivity (Wildman–Crippen MR) is 104 cm³/mol. The summed E-state index contributed by atoms with van der Waals surface area (Å²) in [6.45, 7) is 1.67. The molecule has 2 aromatic carbocycles. The lowest BCUT2D eigenvalue weighted by Crippen LogP contribution is -2.06. The predicted octanol–water partition coefficient (Wildman–Crippen LogP) is 5.44. The van der Waals surface area contributed by atoms with Crippen LogP contribution in [0, 0.1) is 12.7 Å². The summed E-state index contributed by atoms with van der Waals surface area (Å²) in [6.07, 6.45) is 0. The standard InChI is InChI=1S/C21H17ClFNO4/c1-12-4-5-13(10-17(12)23)18-8-7-15(21(25)27-3)20(24-18)28-19-9-6-14(26-2)11-16(19)22/h4-11H,1-3H3. The molecular formula is C21H17ClFNO4. The van der Waals surface area contributed by atoms with Crippen LogP contribution in [-0.4, -0.2) is 25.2 Å². The van der Waals surface area contributed by atoms with E-state index in [2.05, 4.69) is 4.98 Å². The van der Waals surface area contributed by atoms with Crippen molar-refractivity contribution in [2.45, 2.75) is 6.92 Å². The second-order valence-electron chi connectivity index (χ2n) is 5.90. The van der Waals surface area contributed by atoms with E-state index in [4.69, 9.17) is 25.8 Å². The number of carbonyl (C=O) groups excluding carboxylic acids is 1. The molecule has 1 aromatic heterocycles. The summed E-state index contributed by atoms with van der Waals surface area (Å²) in [5.41, 5.74) is 1.62. The van der Waals surface area contributed by atoms with Crippen LogP contribution in [0.15, 0.2) is 48.5 Å². The largest absolute Gasteiger partial charge is 0.497 e. The summed E-state index contributed by atoms with van der Waals surface area (Å²) in [5, 5.41) is 0.281. The zero-order valence-corrected chi connectivity index (χ0v) is 16.2. The second kappa shape index (κ2) is 8.27. The van der Waals surface area contributed by atoms with E-state index in [1.165, 1.54) is 26.4 Å². The number of nitrogens with zero attached hydrogens (tertiary/aromatic N) is 1. The van der Waals surface area contributed by atoms with E-state index < -0.39 is 5.97 Å². The fourth-order valence-electron chi connectivity index (χ4n) is 2.49. The van der Waals surface area contributed by atoms with E-state index in [-0.39, 0.29) is 28.0 Å². The molecule has 28 heavy (non-hydrogen) atoms. The Morgan fingerprint density at radius 2 is 1.86 bits per heavy atom. The van der Waals surface area contributed by atoms with Gasteiger partial charge in [0.25, 0.3) is 0 Å². The molecule has 5 nitrogen and oxygen atoms in total. The summed E-state index contributed by atoms with van der Waals surface area (Å²) in [5.74, 6) is -0.127. The van der Waals surface area contributed by atoms with Gasteiger partial charge >= 0.3 is 5.97 Å². The molecule has 0 amide bonds. The summed E-state index contributed by atoms with van der Waals surface area (Å²) < 4.78 is 29.6. The Labute approximate surface area is 166 Å². The van der Waals surface area contributed by atoms with Crippen molar-refractivity contribution >= 4 is 17.6 Å². The molecule has 7 heteroatoms. The lowest BCUT2D eigenvalue weighted by atomic mass is 10.1. The van der Waals surface area contributed by atoms with Crippen LogP contribution in [0.5, 0.6) is 17.4 Å². The third kappa shape index (κ3) is 4.07. The van der Waals surface area contributed by atoms with Crippen molar-refractivity contribution in [3.63, 3.8) is 0 Å². The maximum Gasteiger partial charge on any atom is 0.343 e. The molecule has 0 aliphatic rings. The number of aromatic nitrogens is 1. The molecule has 3 rings (SSSR count). The number of benzene rings is 2. The van der Waals surface area contributed by atoms with Gasteiger partial charge in [-0.15, -0.1) is 0 Å². The lowest BCUT2D eigenvalue weighted by molar-refractivity contribution is 0.0597. The first kappa shape index (κ1) is 19.6. The average molecular weight is 402 g/mol. The van der Waals surface area contributed by atoms with Crippen molar-refractivity contribution in [3.05, 3.63) is 70.5 Å². The van der Waals surface area contributed by atoms with Crippen LogP contribution in [0.1, 0.15) is 15.9 Å². The number of halogens is 2. The van der Waals surface area contributed by atoms with Crippen LogP contribution >= 0.6 is 11.6 Å². The van der Waals surface area contributed by atoms with Crippen LogP contribution in [-0.2, 0) is 4.74 Å². The molecule has 3 aromatic rings. The molecule has 144 valence electrons. The zero-order valence-electron chi connectivity index (χ0n) is 15.5. The molecule has 0 saturated heterocycles. The Morgan fingerprint density at radius 1 is 1.07 bits per heavy atom. The fraction of sp³-hybridized carbons (Fsp3) is 0.143. The minimum absolute atomic E-state index is 0.00241. The fourth-order valence-corrected chi connectivity index (χ4v) is 2.70. The van der Waals surface area contributed by atoms with E-state index >= 15 is 0 Å². The number of hydrogen-bond donors (Lipinski definition) is 0.